The van der Waals surface area contributed by atoms with Crippen molar-refractivity contribution in [3.63, 3.8) is 0 Å². The van der Waals surface area contributed by atoms with Gasteiger partial charge in [-0.05, 0) is 25.5 Å². The molecule has 0 saturated heterocycles. The summed E-state index contributed by atoms with van der Waals surface area (Å²) in [7, 11) is 0. The normalized spacial score (nSPS) is 12.1. The van der Waals surface area contributed by atoms with E-state index in [1.54, 1.807) is 0 Å². The largest absolute Gasteiger partial charge is 0.465 e. The van der Waals surface area contributed by atoms with Crippen molar-refractivity contribution in [3.8, 4) is 0 Å². The van der Waals surface area contributed by atoms with Gasteiger partial charge in [-0.3, -0.25) is 0 Å². The zero-order valence-corrected chi connectivity index (χ0v) is 9.47. The van der Waals surface area contributed by atoms with Crippen LogP contribution in [0, 0.1) is 0 Å². The van der Waals surface area contributed by atoms with Crippen molar-refractivity contribution in [2.75, 3.05) is 6.54 Å². The molecule has 0 fully saturated rings. The molecule has 1 aromatic carbocycles. The molecule has 0 radical (unpaired) electrons. The van der Waals surface area contributed by atoms with Gasteiger partial charge in [0.15, 0.2) is 0 Å². The Kier molecular flexibility index (Phi) is 4.79. The van der Waals surface area contributed by atoms with Crippen LogP contribution in [0.25, 0.3) is 0 Å². The van der Waals surface area contributed by atoms with Gasteiger partial charge in [-0.1, -0.05) is 30.3 Å². The summed E-state index contributed by atoms with van der Waals surface area (Å²) in [5, 5.41) is 9.12. The zero-order valence-electron chi connectivity index (χ0n) is 9.47. The smallest absolute Gasteiger partial charge is 0.407 e. The van der Waals surface area contributed by atoms with Crippen LogP contribution < -0.4 is 5.73 Å². The van der Waals surface area contributed by atoms with Gasteiger partial charge < -0.3 is 15.7 Å². The third-order valence-corrected chi connectivity index (χ3v) is 2.56. The third-order valence-electron chi connectivity index (χ3n) is 2.56. The number of benzene rings is 1. The third kappa shape index (κ3) is 3.55. The first-order valence-electron chi connectivity index (χ1n) is 5.38. The average molecular weight is 222 g/mol. The lowest BCUT2D eigenvalue weighted by Gasteiger charge is -2.26. The molecule has 4 heteroatoms. The number of rotatable bonds is 5. The maximum Gasteiger partial charge on any atom is 0.407 e. The molecule has 0 saturated carbocycles. The van der Waals surface area contributed by atoms with Crippen LogP contribution in [0.2, 0.25) is 0 Å². The standard InChI is InChI=1S/C12H18N2O2/c1-10(7-8-13)14(12(15)16)9-11-5-3-2-4-6-11/h2-6,10H,7-9,13H2,1H3,(H,15,16)/t10-/m0/s1. The number of carboxylic acid groups (broad SMARTS) is 1. The quantitative estimate of drug-likeness (QED) is 0.799. The van der Waals surface area contributed by atoms with Crippen molar-refractivity contribution in [3.05, 3.63) is 35.9 Å². The monoisotopic (exact) mass is 222 g/mol. The lowest BCUT2D eigenvalue weighted by atomic mass is 10.1. The van der Waals surface area contributed by atoms with Crippen LogP contribution in [0.5, 0.6) is 0 Å². The van der Waals surface area contributed by atoms with Gasteiger partial charge >= 0.3 is 6.09 Å². The molecule has 1 atom stereocenters. The number of hydrogen-bond acceptors (Lipinski definition) is 2. The van der Waals surface area contributed by atoms with Crippen molar-refractivity contribution in [1.82, 2.24) is 4.90 Å². The Labute approximate surface area is 95.7 Å². The van der Waals surface area contributed by atoms with Gasteiger partial charge in [-0.15, -0.1) is 0 Å². The van der Waals surface area contributed by atoms with E-state index >= 15 is 0 Å². The molecule has 0 aliphatic heterocycles. The topological polar surface area (TPSA) is 66.6 Å². The van der Waals surface area contributed by atoms with Crippen molar-refractivity contribution < 1.29 is 9.90 Å². The second-order valence-electron chi connectivity index (χ2n) is 3.82. The zero-order chi connectivity index (χ0) is 12.0. The minimum Gasteiger partial charge on any atom is -0.465 e. The molecule has 0 spiro atoms. The summed E-state index contributed by atoms with van der Waals surface area (Å²) in [4.78, 5) is 12.5. The molecule has 1 amide bonds. The van der Waals surface area contributed by atoms with Crippen LogP contribution in [-0.2, 0) is 6.54 Å². The average Bonchev–Trinajstić information content (AvgIpc) is 2.27. The van der Waals surface area contributed by atoms with Crippen molar-refractivity contribution in [2.45, 2.75) is 25.9 Å². The Hall–Kier alpha value is -1.55. The van der Waals surface area contributed by atoms with Gasteiger partial charge in [-0.2, -0.15) is 0 Å². The van der Waals surface area contributed by atoms with E-state index in [1.807, 2.05) is 37.3 Å². The Bertz CT molecular complexity index is 327. The first-order valence-corrected chi connectivity index (χ1v) is 5.38. The highest BCUT2D eigenvalue weighted by Crippen LogP contribution is 2.10. The highest BCUT2D eigenvalue weighted by atomic mass is 16.4. The van der Waals surface area contributed by atoms with Crippen LogP contribution >= 0.6 is 0 Å². The molecule has 88 valence electrons. The summed E-state index contributed by atoms with van der Waals surface area (Å²) in [5.41, 5.74) is 6.44. The van der Waals surface area contributed by atoms with E-state index < -0.39 is 6.09 Å². The van der Waals surface area contributed by atoms with E-state index in [1.165, 1.54) is 4.90 Å². The molecular weight excluding hydrogens is 204 g/mol. The first kappa shape index (κ1) is 12.5. The number of nitrogens with two attached hydrogens (primary N) is 1. The molecule has 0 bridgehead atoms. The van der Waals surface area contributed by atoms with Crippen LogP contribution in [0.3, 0.4) is 0 Å². The molecule has 16 heavy (non-hydrogen) atoms. The summed E-state index contributed by atoms with van der Waals surface area (Å²) in [6, 6.07) is 9.52. The lowest BCUT2D eigenvalue weighted by molar-refractivity contribution is 0.122. The summed E-state index contributed by atoms with van der Waals surface area (Å²) >= 11 is 0. The summed E-state index contributed by atoms with van der Waals surface area (Å²) in [5.74, 6) is 0. The maximum atomic E-state index is 11.1. The summed E-state index contributed by atoms with van der Waals surface area (Å²) in [6.07, 6.45) is -0.219. The van der Waals surface area contributed by atoms with Gasteiger partial charge in [0.2, 0.25) is 0 Å². The minimum atomic E-state index is -0.898. The molecule has 0 heterocycles. The molecule has 1 aromatic rings. The fraction of sp³-hybridized carbons (Fsp3) is 0.417. The van der Waals surface area contributed by atoms with E-state index in [9.17, 15) is 4.79 Å². The first-order chi connectivity index (χ1) is 7.65. The summed E-state index contributed by atoms with van der Waals surface area (Å²) < 4.78 is 0. The van der Waals surface area contributed by atoms with Crippen LogP contribution in [0.1, 0.15) is 18.9 Å². The molecule has 0 aliphatic rings. The fourth-order valence-electron chi connectivity index (χ4n) is 1.59. The Balaban J connectivity index is 2.69. The molecule has 0 unspecified atom stereocenters. The van der Waals surface area contributed by atoms with E-state index in [0.29, 0.717) is 19.5 Å². The van der Waals surface area contributed by atoms with Crippen molar-refractivity contribution in [2.24, 2.45) is 5.73 Å². The van der Waals surface area contributed by atoms with Gasteiger partial charge in [0, 0.05) is 12.6 Å². The number of hydrogen-bond donors (Lipinski definition) is 2. The second kappa shape index (κ2) is 6.12. The van der Waals surface area contributed by atoms with Crippen molar-refractivity contribution in [1.29, 1.82) is 0 Å². The second-order valence-corrected chi connectivity index (χ2v) is 3.82. The highest BCUT2D eigenvalue weighted by Gasteiger charge is 2.18. The van der Waals surface area contributed by atoms with Crippen LogP contribution in [0.15, 0.2) is 30.3 Å². The number of carbonyl (C=O) groups is 1. The number of amides is 1. The molecule has 0 aliphatic carbocycles. The van der Waals surface area contributed by atoms with Gasteiger partial charge in [-0.25, -0.2) is 4.79 Å². The maximum absolute atomic E-state index is 11.1. The SMILES string of the molecule is C[C@@H](CCN)N(Cc1ccccc1)C(=O)O. The Morgan fingerprint density at radius 1 is 1.44 bits per heavy atom. The van der Waals surface area contributed by atoms with Gasteiger partial charge in [0.05, 0.1) is 0 Å². The van der Waals surface area contributed by atoms with E-state index in [4.69, 9.17) is 10.8 Å². The molecule has 3 N–H and O–H groups in total. The molecule has 4 nitrogen and oxygen atoms in total. The minimum absolute atomic E-state index is 0.0530. The Morgan fingerprint density at radius 3 is 2.56 bits per heavy atom. The van der Waals surface area contributed by atoms with Crippen molar-refractivity contribution >= 4 is 6.09 Å². The fourth-order valence-corrected chi connectivity index (χ4v) is 1.59. The number of nitrogens with zero attached hydrogens (tertiary/aromatic N) is 1. The van der Waals surface area contributed by atoms with E-state index in [2.05, 4.69) is 0 Å². The lowest BCUT2D eigenvalue weighted by Crippen LogP contribution is -2.38. The van der Waals surface area contributed by atoms with E-state index in [0.717, 1.165) is 5.56 Å². The van der Waals surface area contributed by atoms with E-state index in [-0.39, 0.29) is 6.04 Å². The predicted molar refractivity (Wildman–Crippen MR) is 63.1 cm³/mol. The van der Waals surface area contributed by atoms with Crippen LogP contribution in [0.4, 0.5) is 4.79 Å². The van der Waals surface area contributed by atoms with Gasteiger partial charge in [0.1, 0.15) is 0 Å². The predicted octanol–water partition coefficient (Wildman–Crippen LogP) is 1.90. The summed E-state index contributed by atoms with van der Waals surface area (Å²) in [6.45, 7) is 2.79. The Morgan fingerprint density at radius 2 is 2.06 bits per heavy atom. The molecular formula is C12H18N2O2. The van der Waals surface area contributed by atoms with Crippen LogP contribution in [-0.4, -0.2) is 28.7 Å². The molecule has 1 rings (SSSR count). The van der Waals surface area contributed by atoms with Gasteiger partial charge in [0.25, 0.3) is 0 Å². The molecule has 0 aromatic heterocycles. The highest BCUT2D eigenvalue weighted by molar-refractivity contribution is 5.65.